The highest BCUT2D eigenvalue weighted by Crippen LogP contribution is 2.25. The molecule has 62 valence electrons. The number of nitrogens with one attached hydrogen (secondary N) is 1. The van der Waals surface area contributed by atoms with Crippen molar-refractivity contribution in [3.63, 3.8) is 0 Å². The van der Waals surface area contributed by atoms with Crippen molar-refractivity contribution in [3.8, 4) is 0 Å². The van der Waals surface area contributed by atoms with Gasteiger partial charge in [-0.15, -0.1) is 0 Å². The number of halogens is 1. The Morgan fingerprint density at radius 2 is 2.25 bits per heavy atom. The van der Waals surface area contributed by atoms with E-state index in [1.165, 1.54) is 0 Å². The van der Waals surface area contributed by atoms with Crippen LogP contribution in [0.25, 0.3) is 0 Å². The van der Waals surface area contributed by atoms with Gasteiger partial charge in [0.2, 0.25) is 0 Å². The van der Waals surface area contributed by atoms with Crippen molar-refractivity contribution >= 4 is 21.8 Å². The number of carbonyl (C=O) groups excluding carboxylic acids is 1. The summed E-state index contributed by atoms with van der Waals surface area (Å²) in [5.41, 5.74) is 1.18. The van der Waals surface area contributed by atoms with E-state index in [4.69, 9.17) is 0 Å². The van der Waals surface area contributed by atoms with Gasteiger partial charge in [0, 0.05) is 15.6 Å². The molecule has 0 saturated heterocycles. The van der Waals surface area contributed by atoms with Gasteiger partial charge in [0.1, 0.15) is 0 Å². The maximum atomic E-state index is 11.1. The number of carbonyl (C=O) groups is 1. The molecule has 2 rings (SSSR count). The lowest BCUT2D eigenvalue weighted by Gasteiger charge is -2.00. The Morgan fingerprint density at radius 1 is 1.50 bits per heavy atom. The summed E-state index contributed by atoms with van der Waals surface area (Å²) in [5, 5.41) is 11.7. The van der Waals surface area contributed by atoms with Crippen LogP contribution in [0, 0.1) is 0 Å². The SMILES string of the molecule is O=C1NC(O)c2ccc(Br)cc21. The largest absolute Gasteiger partial charge is 0.369 e. The van der Waals surface area contributed by atoms with Crippen LogP contribution in [0.5, 0.6) is 0 Å². The average molecular weight is 228 g/mol. The number of benzene rings is 1. The van der Waals surface area contributed by atoms with E-state index in [0.717, 1.165) is 4.47 Å². The molecule has 0 fully saturated rings. The van der Waals surface area contributed by atoms with E-state index in [9.17, 15) is 9.90 Å². The lowest BCUT2D eigenvalue weighted by Crippen LogP contribution is -2.17. The minimum Gasteiger partial charge on any atom is -0.369 e. The van der Waals surface area contributed by atoms with Gasteiger partial charge in [0.05, 0.1) is 0 Å². The Kier molecular flexibility index (Phi) is 1.66. The lowest BCUT2D eigenvalue weighted by molar-refractivity contribution is 0.0850. The summed E-state index contributed by atoms with van der Waals surface area (Å²) >= 11 is 3.25. The van der Waals surface area contributed by atoms with Crippen molar-refractivity contribution in [1.29, 1.82) is 0 Å². The number of hydrogen-bond acceptors (Lipinski definition) is 2. The highest BCUT2D eigenvalue weighted by atomic mass is 79.9. The number of aliphatic hydroxyl groups is 1. The standard InChI is InChI=1S/C8H6BrNO2/c9-4-1-2-5-6(3-4)8(12)10-7(5)11/h1-3,7,11H,(H,10,12). The molecular formula is C8H6BrNO2. The Bertz CT molecular complexity index is 351. The molecule has 0 radical (unpaired) electrons. The molecule has 3 nitrogen and oxygen atoms in total. The maximum absolute atomic E-state index is 11.1. The van der Waals surface area contributed by atoms with Crippen molar-refractivity contribution in [2.24, 2.45) is 0 Å². The molecule has 1 amide bonds. The number of fused-ring (bicyclic) bond motifs is 1. The first-order chi connectivity index (χ1) is 5.68. The van der Waals surface area contributed by atoms with Crippen LogP contribution in [0.4, 0.5) is 0 Å². The summed E-state index contributed by atoms with van der Waals surface area (Å²) < 4.78 is 0.838. The first-order valence-electron chi connectivity index (χ1n) is 3.47. The predicted molar refractivity (Wildman–Crippen MR) is 46.6 cm³/mol. The van der Waals surface area contributed by atoms with Crippen LogP contribution < -0.4 is 5.32 Å². The first-order valence-corrected chi connectivity index (χ1v) is 4.26. The highest BCUT2D eigenvalue weighted by molar-refractivity contribution is 9.10. The zero-order chi connectivity index (χ0) is 8.72. The van der Waals surface area contributed by atoms with Crippen LogP contribution in [0.1, 0.15) is 22.1 Å². The molecular weight excluding hydrogens is 222 g/mol. The summed E-state index contributed by atoms with van der Waals surface area (Å²) in [7, 11) is 0. The van der Waals surface area contributed by atoms with E-state index in [1.54, 1.807) is 18.2 Å². The second kappa shape index (κ2) is 2.57. The molecule has 2 N–H and O–H groups in total. The second-order valence-corrected chi connectivity index (χ2v) is 3.52. The summed E-state index contributed by atoms with van der Waals surface area (Å²) in [6.45, 7) is 0. The van der Waals surface area contributed by atoms with E-state index in [0.29, 0.717) is 11.1 Å². The van der Waals surface area contributed by atoms with Crippen LogP contribution in [-0.4, -0.2) is 11.0 Å². The van der Waals surface area contributed by atoms with Crippen molar-refractivity contribution in [2.75, 3.05) is 0 Å². The van der Waals surface area contributed by atoms with Gasteiger partial charge in [-0.05, 0) is 12.1 Å². The number of aliphatic hydroxyl groups excluding tert-OH is 1. The van der Waals surface area contributed by atoms with E-state index < -0.39 is 6.23 Å². The third-order valence-corrected chi connectivity index (χ3v) is 2.32. The molecule has 1 atom stereocenters. The zero-order valence-electron chi connectivity index (χ0n) is 6.04. The fraction of sp³-hybridized carbons (Fsp3) is 0.125. The van der Waals surface area contributed by atoms with Crippen molar-refractivity contribution < 1.29 is 9.90 Å². The molecule has 1 heterocycles. The summed E-state index contributed by atoms with van der Waals surface area (Å²) in [5.74, 6) is -0.223. The van der Waals surface area contributed by atoms with Gasteiger partial charge >= 0.3 is 0 Å². The van der Waals surface area contributed by atoms with Gasteiger partial charge in [-0.25, -0.2) is 0 Å². The van der Waals surface area contributed by atoms with Crippen LogP contribution >= 0.6 is 15.9 Å². The summed E-state index contributed by atoms with van der Waals surface area (Å²) in [6.07, 6.45) is -0.847. The van der Waals surface area contributed by atoms with Gasteiger partial charge in [-0.3, -0.25) is 4.79 Å². The number of hydrogen-bond donors (Lipinski definition) is 2. The van der Waals surface area contributed by atoms with E-state index in [-0.39, 0.29) is 5.91 Å². The normalized spacial score (nSPS) is 20.5. The minimum absolute atomic E-state index is 0.223. The van der Waals surface area contributed by atoms with Crippen LogP contribution in [-0.2, 0) is 0 Å². The molecule has 1 aromatic rings. The molecule has 0 aliphatic carbocycles. The molecule has 1 aliphatic rings. The minimum atomic E-state index is -0.847. The fourth-order valence-corrected chi connectivity index (χ4v) is 1.60. The first kappa shape index (κ1) is 7.76. The zero-order valence-corrected chi connectivity index (χ0v) is 7.63. The Labute approximate surface area is 77.5 Å². The summed E-state index contributed by atoms with van der Waals surface area (Å²) in [4.78, 5) is 11.1. The maximum Gasteiger partial charge on any atom is 0.254 e. The monoisotopic (exact) mass is 227 g/mol. The quantitative estimate of drug-likeness (QED) is 0.700. The van der Waals surface area contributed by atoms with Crippen molar-refractivity contribution in [1.82, 2.24) is 5.32 Å². The molecule has 1 unspecified atom stereocenters. The predicted octanol–water partition coefficient (Wildman–Crippen LogP) is 1.18. The van der Waals surface area contributed by atoms with Crippen molar-refractivity contribution in [3.05, 3.63) is 33.8 Å². The van der Waals surface area contributed by atoms with Gasteiger partial charge in [0.15, 0.2) is 6.23 Å². The van der Waals surface area contributed by atoms with Gasteiger partial charge in [-0.2, -0.15) is 0 Å². The smallest absolute Gasteiger partial charge is 0.254 e. The molecule has 12 heavy (non-hydrogen) atoms. The molecule has 1 aliphatic heterocycles. The summed E-state index contributed by atoms with van der Waals surface area (Å²) in [6, 6.07) is 5.21. The van der Waals surface area contributed by atoms with E-state index in [2.05, 4.69) is 21.2 Å². The third-order valence-electron chi connectivity index (χ3n) is 1.82. The Balaban J connectivity index is 2.60. The van der Waals surface area contributed by atoms with E-state index >= 15 is 0 Å². The molecule has 1 aromatic carbocycles. The molecule has 4 heteroatoms. The molecule has 0 bridgehead atoms. The molecule has 0 spiro atoms. The second-order valence-electron chi connectivity index (χ2n) is 2.61. The Morgan fingerprint density at radius 3 is 3.00 bits per heavy atom. The number of amides is 1. The Hall–Kier alpha value is -0.870. The highest BCUT2D eigenvalue weighted by Gasteiger charge is 2.26. The van der Waals surface area contributed by atoms with Gasteiger partial charge in [-0.1, -0.05) is 22.0 Å². The number of rotatable bonds is 0. The van der Waals surface area contributed by atoms with Gasteiger partial charge in [0.25, 0.3) is 5.91 Å². The third kappa shape index (κ3) is 1.04. The van der Waals surface area contributed by atoms with Gasteiger partial charge < -0.3 is 10.4 Å². The van der Waals surface area contributed by atoms with Crippen molar-refractivity contribution in [2.45, 2.75) is 6.23 Å². The average Bonchev–Trinajstić information content (AvgIpc) is 2.28. The van der Waals surface area contributed by atoms with E-state index in [1.807, 2.05) is 0 Å². The van der Waals surface area contributed by atoms with Crippen LogP contribution in [0.3, 0.4) is 0 Å². The fourth-order valence-electron chi connectivity index (χ4n) is 1.24. The lowest BCUT2D eigenvalue weighted by atomic mass is 10.1. The molecule has 0 aromatic heterocycles. The molecule has 0 saturated carbocycles. The van der Waals surface area contributed by atoms with Crippen LogP contribution in [0.15, 0.2) is 22.7 Å². The van der Waals surface area contributed by atoms with Crippen LogP contribution in [0.2, 0.25) is 0 Å². The topological polar surface area (TPSA) is 49.3 Å².